The Bertz CT molecular complexity index is 780. The fraction of sp³-hybridized carbons (Fsp3) is 0.389. The molecule has 1 aliphatic rings. The van der Waals surface area contributed by atoms with Crippen molar-refractivity contribution in [2.45, 2.75) is 26.8 Å². The predicted molar refractivity (Wildman–Crippen MR) is 95.6 cm³/mol. The molecule has 1 aromatic carbocycles. The Morgan fingerprint density at radius 2 is 2.00 bits per heavy atom. The van der Waals surface area contributed by atoms with Gasteiger partial charge in [-0.25, -0.2) is 0 Å². The number of para-hydroxylation sites is 1. The van der Waals surface area contributed by atoms with Gasteiger partial charge in [-0.3, -0.25) is 14.7 Å². The first-order valence-electron chi connectivity index (χ1n) is 8.62. The molecule has 0 atom stereocenters. The van der Waals surface area contributed by atoms with Gasteiger partial charge in [-0.15, -0.1) is 0 Å². The number of rotatable bonds is 5. The molecule has 0 spiro atoms. The Balaban J connectivity index is 1.85. The number of anilines is 1. The molecule has 2 aromatic rings. The monoisotopic (exact) mass is 341 g/mol. The van der Waals surface area contributed by atoms with E-state index in [-0.39, 0.29) is 11.8 Å². The van der Waals surface area contributed by atoms with Crippen LogP contribution in [0.25, 0.3) is 0 Å². The molecule has 25 heavy (non-hydrogen) atoms. The van der Waals surface area contributed by atoms with E-state index < -0.39 is 0 Å². The van der Waals surface area contributed by atoms with Gasteiger partial charge in [0, 0.05) is 43.9 Å². The van der Waals surface area contributed by atoms with Gasteiger partial charge in [0.2, 0.25) is 0 Å². The van der Waals surface area contributed by atoms with Gasteiger partial charge in [0.25, 0.3) is 11.8 Å². The van der Waals surface area contributed by atoms with Crippen LogP contribution in [0.1, 0.15) is 46.0 Å². The number of aromatic amines is 1. The third kappa shape index (κ3) is 3.41. The molecule has 0 bridgehead atoms. The highest BCUT2D eigenvalue weighted by molar-refractivity contribution is 6.08. The highest BCUT2D eigenvalue weighted by Gasteiger charge is 2.23. The fourth-order valence-electron chi connectivity index (χ4n) is 3.05. The molecular weight excluding hydrogens is 318 g/mol. The summed E-state index contributed by atoms with van der Waals surface area (Å²) in [6, 6.07) is 7.08. The highest BCUT2D eigenvalue weighted by atomic mass is 16.2. The van der Waals surface area contributed by atoms with Crippen LogP contribution in [0.5, 0.6) is 0 Å². The third-order valence-corrected chi connectivity index (χ3v) is 4.48. The van der Waals surface area contributed by atoms with Crippen molar-refractivity contribution < 1.29 is 9.59 Å². The second kappa shape index (κ2) is 7.48. The molecule has 2 amide bonds. The molecular formula is C18H23N5O2. The lowest BCUT2D eigenvalue weighted by molar-refractivity contribution is 0.0774. The standard InChI is InChI=1S/C18H23N5O2/c1-3-23(4-2)18(25)12-7-5-6-8-14(12)20-17(24)16-13-11-19-10-9-15(13)21-22-16/h5-8,19H,3-4,9-11H2,1-2H3,(H,20,24)(H,21,22). The molecule has 3 N–H and O–H groups in total. The van der Waals surface area contributed by atoms with Crippen LogP contribution in [0.15, 0.2) is 24.3 Å². The number of carbonyl (C=O) groups excluding carboxylic acids is 2. The summed E-state index contributed by atoms with van der Waals surface area (Å²) in [6.07, 6.45) is 0.826. The van der Waals surface area contributed by atoms with Gasteiger partial charge in [-0.1, -0.05) is 12.1 Å². The molecule has 0 aliphatic carbocycles. The van der Waals surface area contributed by atoms with Crippen molar-refractivity contribution in [2.75, 3.05) is 25.0 Å². The van der Waals surface area contributed by atoms with Gasteiger partial charge in [0.15, 0.2) is 5.69 Å². The number of nitrogens with zero attached hydrogens (tertiary/aromatic N) is 2. The van der Waals surface area contributed by atoms with Crippen LogP contribution in [-0.2, 0) is 13.0 Å². The number of amides is 2. The molecule has 7 nitrogen and oxygen atoms in total. The molecule has 7 heteroatoms. The Morgan fingerprint density at radius 3 is 2.76 bits per heavy atom. The Morgan fingerprint density at radius 1 is 1.24 bits per heavy atom. The second-order valence-electron chi connectivity index (χ2n) is 5.93. The van der Waals surface area contributed by atoms with Crippen molar-refractivity contribution in [3.63, 3.8) is 0 Å². The van der Waals surface area contributed by atoms with Crippen molar-refractivity contribution >= 4 is 17.5 Å². The smallest absolute Gasteiger partial charge is 0.276 e. The summed E-state index contributed by atoms with van der Waals surface area (Å²) < 4.78 is 0. The predicted octanol–water partition coefficient (Wildman–Crippen LogP) is 1.79. The van der Waals surface area contributed by atoms with Crippen LogP contribution in [0.2, 0.25) is 0 Å². The molecule has 0 saturated carbocycles. The first-order valence-corrected chi connectivity index (χ1v) is 8.62. The van der Waals surface area contributed by atoms with E-state index in [0.29, 0.717) is 36.6 Å². The second-order valence-corrected chi connectivity index (χ2v) is 5.93. The van der Waals surface area contributed by atoms with E-state index in [9.17, 15) is 9.59 Å². The zero-order chi connectivity index (χ0) is 17.8. The van der Waals surface area contributed by atoms with Crippen LogP contribution in [0.4, 0.5) is 5.69 Å². The molecule has 3 rings (SSSR count). The maximum absolute atomic E-state index is 12.7. The summed E-state index contributed by atoms with van der Waals surface area (Å²) in [4.78, 5) is 27.1. The average molecular weight is 341 g/mol. The third-order valence-electron chi connectivity index (χ3n) is 4.48. The lowest BCUT2D eigenvalue weighted by Gasteiger charge is -2.20. The molecule has 1 aliphatic heterocycles. The van der Waals surface area contributed by atoms with Crippen LogP contribution in [0, 0.1) is 0 Å². The van der Waals surface area contributed by atoms with E-state index in [0.717, 1.165) is 24.2 Å². The number of hydrogen-bond acceptors (Lipinski definition) is 4. The quantitative estimate of drug-likeness (QED) is 0.773. The first-order chi connectivity index (χ1) is 12.2. The number of hydrogen-bond donors (Lipinski definition) is 3. The normalized spacial score (nSPS) is 13.2. The van der Waals surface area contributed by atoms with E-state index >= 15 is 0 Å². The van der Waals surface area contributed by atoms with Crippen LogP contribution < -0.4 is 10.6 Å². The lowest BCUT2D eigenvalue weighted by Crippen LogP contribution is -2.31. The minimum Gasteiger partial charge on any atom is -0.339 e. The van der Waals surface area contributed by atoms with Crippen LogP contribution in [-0.4, -0.2) is 46.5 Å². The zero-order valence-electron chi connectivity index (χ0n) is 14.6. The topological polar surface area (TPSA) is 90.1 Å². The highest BCUT2D eigenvalue weighted by Crippen LogP contribution is 2.20. The van der Waals surface area contributed by atoms with Crippen molar-refractivity contribution in [3.05, 3.63) is 46.8 Å². The number of aromatic nitrogens is 2. The van der Waals surface area contributed by atoms with Gasteiger partial charge in [0.05, 0.1) is 11.3 Å². The molecule has 0 unspecified atom stereocenters. The van der Waals surface area contributed by atoms with Gasteiger partial charge >= 0.3 is 0 Å². The van der Waals surface area contributed by atoms with Crippen molar-refractivity contribution in [3.8, 4) is 0 Å². The van der Waals surface area contributed by atoms with Crippen LogP contribution in [0.3, 0.4) is 0 Å². The van der Waals surface area contributed by atoms with E-state index in [1.807, 2.05) is 13.8 Å². The van der Waals surface area contributed by atoms with Gasteiger partial charge in [-0.05, 0) is 26.0 Å². The minimum absolute atomic E-state index is 0.0911. The van der Waals surface area contributed by atoms with Gasteiger partial charge in [0.1, 0.15) is 0 Å². The Hall–Kier alpha value is -2.67. The maximum Gasteiger partial charge on any atom is 0.276 e. The molecule has 0 radical (unpaired) electrons. The van der Waals surface area contributed by atoms with Gasteiger partial charge in [-0.2, -0.15) is 5.10 Å². The summed E-state index contributed by atoms with van der Waals surface area (Å²) >= 11 is 0. The Labute approximate surface area is 146 Å². The fourth-order valence-corrected chi connectivity index (χ4v) is 3.05. The van der Waals surface area contributed by atoms with Crippen molar-refractivity contribution in [1.29, 1.82) is 0 Å². The maximum atomic E-state index is 12.7. The zero-order valence-corrected chi connectivity index (χ0v) is 14.6. The Kier molecular flexibility index (Phi) is 5.14. The summed E-state index contributed by atoms with van der Waals surface area (Å²) in [6.45, 7) is 6.61. The molecule has 0 saturated heterocycles. The largest absolute Gasteiger partial charge is 0.339 e. The molecule has 2 heterocycles. The summed E-state index contributed by atoms with van der Waals surface area (Å²) in [5.41, 5.74) is 3.27. The van der Waals surface area contributed by atoms with E-state index in [4.69, 9.17) is 0 Å². The van der Waals surface area contributed by atoms with Crippen molar-refractivity contribution in [2.24, 2.45) is 0 Å². The molecule has 1 aromatic heterocycles. The number of H-pyrrole nitrogens is 1. The van der Waals surface area contributed by atoms with E-state index in [2.05, 4.69) is 20.8 Å². The van der Waals surface area contributed by atoms with E-state index in [1.54, 1.807) is 29.2 Å². The van der Waals surface area contributed by atoms with Gasteiger partial charge < -0.3 is 15.5 Å². The van der Waals surface area contributed by atoms with E-state index in [1.165, 1.54) is 0 Å². The lowest BCUT2D eigenvalue weighted by atomic mass is 10.1. The number of fused-ring (bicyclic) bond motifs is 1. The summed E-state index contributed by atoms with van der Waals surface area (Å²) in [5, 5.41) is 13.2. The first kappa shape index (κ1) is 17.2. The number of carbonyl (C=O) groups is 2. The average Bonchev–Trinajstić information content (AvgIpc) is 3.07. The minimum atomic E-state index is -0.305. The number of nitrogens with one attached hydrogen (secondary N) is 3. The molecule has 132 valence electrons. The number of benzene rings is 1. The molecule has 0 fully saturated rings. The SMILES string of the molecule is CCN(CC)C(=O)c1ccccc1NC(=O)c1n[nH]c2c1CNCC2. The van der Waals surface area contributed by atoms with Crippen LogP contribution >= 0.6 is 0 Å². The van der Waals surface area contributed by atoms with Crippen molar-refractivity contribution in [1.82, 2.24) is 20.4 Å². The summed E-state index contributed by atoms with van der Waals surface area (Å²) in [5.74, 6) is -0.396. The summed E-state index contributed by atoms with van der Waals surface area (Å²) in [7, 11) is 0.